The summed E-state index contributed by atoms with van der Waals surface area (Å²) in [6, 6.07) is 39.9. The number of fused-ring (bicyclic) bond motifs is 1. The summed E-state index contributed by atoms with van der Waals surface area (Å²) in [6.45, 7) is 1.63. The Morgan fingerprint density at radius 2 is 0.807 bits per heavy atom. The number of hydrogen-bond donors (Lipinski definition) is 2. The van der Waals surface area contributed by atoms with Gasteiger partial charge in [-0.1, -0.05) is 88.3 Å². The van der Waals surface area contributed by atoms with Crippen LogP contribution in [-0.4, -0.2) is 63.6 Å². The summed E-state index contributed by atoms with van der Waals surface area (Å²) in [6.07, 6.45) is -19.2. The van der Waals surface area contributed by atoms with Crippen LogP contribution in [0.3, 0.4) is 0 Å². The lowest BCUT2D eigenvalue weighted by atomic mass is 10.2. The van der Waals surface area contributed by atoms with Gasteiger partial charge in [-0.15, -0.1) is 0 Å². The number of aromatic nitrogens is 11. The highest BCUT2D eigenvalue weighted by Gasteiger charge is 2.38. The summed E-state index contributed by atoms with van der Waals surface area (Å²) < 4.78 is 195. The number of anilines is 1. The average molecular weight is 1700 g/mol. The van der Waals surface area contributed by atoms with Crippen molar-refractivity contribution in [3.8, 4) is 28.4 Å². The Morgan fingerprint density at radius 1 is 0.459 bits per heavy atom. The van der Waals surface area contributed by atoms with Gasteiger partial charge in [0.2, 0.25) is 11.7 Å². The first kappa shape index (κ1) is 86.4. The number of aliphatic imine (C=N–C) groups is 1. The molecule has 109 heavy (non-hydrogen) atoms. The molecular formula is C67H42Cl6F15N13O5S3. The summed E-state index contributed by atoms with van der Waals surface area (Å²) in [4.78, 5) is 79.2. The lowest BCUT2D eigenvalue weighted by Gasteiger charge is -2.13. The lowest BCUT2D eigenvalue weighted by Crippen LogP contribution is -2.26. The molecular weight excluding hydrogens is 1660 g/mol. The van der Waals surface area contributed by atoms with Gasteiger partial charge in [-0.05, 0) is 176 Å². The highest BCUT2D eigenvalue weighted by Crippen LogP contribution is 2.33. The van der Waals surface area contributed by atoms with E-state index in [0.29, 0.717) is 83.2 Å². The zero-order chi connectivity index (χ0) is 80.8. The minimum Gasteiger partial charge on any atom is -0.369 e. The van der Waals surface area contributed by atoms with Gasteiger partial charge in [0.05, 0.1) is 39.3 Å². The van der Waals surface area contributed by atoms with E-state index in [0.717, 1.165) is 50.9 Å². The fourth-order valence-electron chi connectivity index (χ4n) is 8.95. The van der Waals surface area contributed by atoms with Crippen LogP contribution in [0.5, 0.6) is 0 Å². The second kappa shape index (κ2) is 36.6. The molecule has 0 bridgehead atoms. The maximum Gasteiger partial charge on any atom is 0.433 e. The molecule has 570 valence electrons. The van der Waals surface area contributed by atoms with E-state index in [1.807, 2.05) is 4.98 Å². The van der Waals surface area contributed by atoms with Crippen LogP contribution in [0.15, 0.2) is 222 Å². The van der Waals surface area contributed by atoms with Gasteiger partial charge in [0.1, 0.15) is 17.2 Å². The van der Waals surface area contributed by atoms with Gasteiger partial charge in [0, 0.05) is 79.3 Å². The number of isothiocyanates is 1. The van der Waals surface area contributed by atoms with Gasteiger partial charge in [-0.25, -0.2) is 29.1 Å². The van der Waals surface area contributed by atoms with Crippen LogP contribution < -0.4 is 33.5 Å². The van der Waals surface area contributed by atoms with Crippen molar-refractivity contribution in [3.05, 3.63) is 309 Å². The topological polar surface area (TPSA) is 220 Å². The van der Waals surface area contributed by atoms with Crippen molar-refractivity contribution in [2.24, 2.45) is 4.99 Å². The summed E-state index contributed by atoms with van der Waals surface area (Å²) in [5.74, 6) is -0.605. The zero-order valence-corrected chi connectivity index (χ0v) is 61.3. The molecule has 0 aliphatic heterocycles. The molecule has 0 spiro atoms. The van der Waals surface area contributed by atoms with Gasteiger partial charge in [0.25, 0.3) is 27.8 Å². The summed E-state index contributed by atoms with van der Waals surface area (Å²) in [5, 5.41) is 5.19. The van der Waals surface area contributed by atoms with Crippen LogP contribution in [0.2, 0.25) is 30.1 Å². The minimum absolute atomic E-state index is 0.0350. The fraction of sp³-hybridized carbons (Fsp3) is 0.119. The minimum atomic E-state index is -4.72. The van der Waals surface area contributed by atoms with Gasteiger partial charge in [0.15, 0.2) is 27.0 Å². The quantitative estimate of drug-likeness (QED) is 0.0476. The SMILES string of the molecule is CCc1nc(C(F)(F)F)cc(=O)n1-c1ccc(Cl)cc1.CSc1nc(C(F)(F)F)cc(=O)n1-c1ccc(Cl)cc1.Nc1nc(C(F)(F)F)cc(=O)n1-c1ccc(Cl)cc1.O=c1cc(C(F)(F)F)[nH]c(=S)n1-c1ccc(Cl)cc1.O=c1cc(C(F)(F)F)n2ccnc2n1-c1ccc(Cl)cc1.S=C=Nc1ccc(Cl)cc1. The Labute approximate surface area is 646 Å². The molecule has 0 saturated heterocycles. The van der Waals surface area contributed by atoms with E-state index in [-0.39, 0.29) is 33.6 Å². The molecule has 12 aromatic rings. The molecule has 0 saturated carbocycles. The number of thiocarbonyl (C=S) groups is 1. The number of halogens is 21. The number of alkyl halides is 15. The number of rotatable bonds is 8. The van der Waals surface area contributed by atoms with Gasteiger partial charge in [-0.2, -0.15) is 70.8 Å². The molecule has 0 aliphatic carbocycles. The summed E-state index contributed by atoms with van der Waals surface area (Å²) >= 11 is 44.4. The van der Waals surface area contributed by atoms with E-state index in [4.69, 9.17) is 87.6 Å². The lowest BCUT2D eigenvalue weighted by molar-refractivity contribution is -0.142. The van der Waals surface area contributed by atoms with Crippen molar-refractivity contribution in [3.63, 3.8) is 0 Å². The van der Waals surface area contributed by atoms with Gasteiger partial charge >= 0.3 is 30.9 Å². The molecule has 12 rings (SSSR count). The average Bonchev–Trinajstić information content (AvgIpc) is 1.70. The van der Waals surface area contributed by atoms with Crippen molar-refractivity contribution in [2.45, 2.75) is 49.4 Å². The number of thioether (sulfide) groups is 1. The van der Waals surface area contributed by atoms with E-state index in [9.17, 15) is 89.8 Å². The third kappa shape index (κ3) is 23.3. The normalized spacial score (nSPS) is 11.4. The van der Waals surface area contributed by atoms with E-state index in [2.05, 4.69) is 42.3 Å². The summed E-state index contributed by atoms with van der Waals surface area (Å²) in [5.41, 5.74) is -2.06. The molecule has 0 unspecified atom stereocenters. The third-order valence-electron chi connectivity index (χ3n) is 13.7. The molecule has 0 amide bonds. The van der Waals surface area contributed by atoms with Crippen molar-refractivity contribution in [1.82, 2.24) is 52.2 Å². The van der Waals surface area contributed by atoms with Crippen LogP contribution >= 0.6 is 106 Å². The Hall–Kier alpha value is -9.88. The molecule has 0 aliphatic rings. The van der Waals surface area contributed by atoms with Crippen molar-refractivity contribution >= 4 is 128 Å². The van der Waals surface area contributed by atoms with E-state index in [1.54, 1.807) is 98.1 Å². The molecule has 6 heterocycles. The third-order valence-corrected chi connectivity index (χ3v) is 16.2. The fourth-order valence-corrected chi connectivity index (χ4v) is 10.7. The first-order valence-electron chi connectivity index (χ1n) is 29.6. The maximum absolute atomic E-state index is 12.9. The molecule has 18 nitrogen and oxygen atoms in total. The van der Waals surface area contributed by atoms with Gasteiger partial charge in [-0.3, -0.25) is 42.1 Å². The van der Waals surface area contributed by atoms with Crippen LogP contribution in [0.4, 0.5) is 77.5 Å². The van der Waals surface area contributed by atoms with Crippen LogP contribution in [-0.2, 0) is 37.3 Å². The van der Waals surface area contributed by atoms with Crippen LogP contribution in [0, 0.1) is 4.77 Å². The monoisotopic (exact) mass is 1700 g/mol. The molecule has 6 aromatic carbocycles. The number of aryl methyl sites for hydroxylation is 1. The molecule has 0 atom stereocenters. The first-order chi connectivity index (χ1) is 50.9. The molecule has 0 radical (unpaired) electrons. The maximum atomic E-state index is 12.9. The number of nitrogens with zero attached hydrogens (tertiary/aromatic N) is 11. The Morgan fingerprint density at radius 3 is 1.18 bits per heavy atom. The van der Waals surface area contributed by atoms with Gasteiger partial charge < -0.3 is 10.7 Å². The highest BCUT2D eigenvalue weighted by molar-refractivity contribution is 7.98. The zero-order valence-electron chi connectivity index (χ0n) is 54.3. The van der Waals surface area contributed by atoms with Crippen LogP contribution in [0.25, 0.3) is 34.2 Å². The summed E-state index contributed by atoms with van der Waals surface area (Å²) in [7, 11) is 0. The van der Waals surface area contributed by atoms with E-state index < -0.39 is 93.1 Å². The van der Waals surface area contributed by atoms with Crippen molar-refractivity contribution in [2.75, 3.05) is 12.0 Å². The second-order valence-electron chi connectivity index (χ2n) is 21.1. The number of nitrogens with one attached hydrogen (secondary N) is 1. The number of imidazole rings is 1. The smallest absolute Gasteiger partial charge is 0.369 e. The van der Waals surface area contributed by atoms with E-state index in [1.165, 1.54) is 66.9 Å². The predicted molar refractivity (Wildman–Crippen MR) is 389 cm³/mol. The number of H-pyrrole nitrogens is 1. The second-order valence-corrected chi connectivity index (χ2v) is 25.0. The molecule has 0 fully saturated rings. The number of nitrogen functional groups attached to an aromatic ring is 1. The largest absolute Gasteiger partial charge is 0.433 e. The Balaban J connectivity index is 0.000000184. The Bertz CT molecular complexity index is 5490. The van der Waals surface area contributed by atoms with Crippen LogP contribution in [0.1, 0.15) is 41.2 Å². The highest BCUT2D eigenvalue weighted by atomic mass is 35.5. The molecule has 6 aromatic heterocycles. The standard InChI is InChI=1S/C13H7ClF3N3O.C13H10ClF3N2O.C12H8ClF3N2OS.C11H7ClF3N3O.C11H6ClF3N2OS.C7H4ClNS/c14-8-1-3-9(4-2-8)20-11(21)7-10(13(15,16)17)19-6-5-18-12(19)20;1-2-11-18-10(13(15,16)17)7-12(20)19(11)9-5-3-8(14)4-6-9;1-20-11-17-9(12(14,15)16)6-10(19)18(11)8-4-2-7(13)3-5-8;12-6-1-3-7(4-2-6)18-9(19)5-8(11(13,14)15)17-10(18)16;12-6-1-3-7(4-2-6)17-9(18)5-8(11(13,14)15)16-10(17)19;8-6-1-3-7(4-2-6)9-5-10/h1-7H;3-7H,2H2,1H3;2-6H,1H3;1-5H,(H2,16,17);1-5H,(H,16,19);1-4H. The number of aromatic amines is 1. The molecule has 3 N–H and O–H groups in total. The predicted octanol–water partition coefficient (Wildman–Crippen LogP) is 19.4. The van der Waals surface area contributed by atoms with Crippen molar-refractivity contribution < 1.29 is 65.9 Å². The molecule has 42 heteroatoms. The number of nitrogens with two attached hydrogens (primary N) is 1. The first-order valence-corrected chi connectivity index (χ1v) is 33.9. The van der Waals surface area contributed by atoms with Crippen molar-refractivity contribution in [1.29, 1.82) is 0 Å². The number of hydrogen-bond acceptors (Lipinski definition) is 14. The Kier molecular flexibility index (Phi) is 29.0. The number of benzene rings is 6. The van der Waals surface area contributed by atoms with E-state index >= 15 is 0 Å².